The van der Waals surface area contributed by atoms with Gasteiger partial charge >= 0.3 is 6.09 Å². The summed E-state index contributed by atoms with van der Waals surface area (Å²) >= 11 is 1.41. The largest absolute Gasteiger partial charge is 0.449 e. The number of aliphatic hydroxyl groups excluding tert-OH is 1. The summed E-state index contributed by atoms with van der Waals surface area (Å²) in [7, 11) is 0. The highest BCUT2D eigenvalue weighted by atomic mass is 32.1. The number of ether oxygens (including phenoxy) is 1. The molecule has 3 aromatic rings. The first-order valence-corrected chi connectivity index (χ1v) is 9.32. The van der Waals surface area contributed by atoms with Gasteiger partial charge in [-0.1, -0.05) is 48.5 Å². The molecule has 0 aliphatic heterocycles. The van der Waals surface area contributed by atoms with E-state index in [1.165, 1.54) is 33.6 Å². The fourth-order valence-corrected chi connectivity index (χ4v) is 4.00. The Morgan fingerprint density at radius 3 is 2.38 bits per heavy atom. The lowest BCUT2D eigenvalue weighted by Gasteiger charge is -2.17. The van der Waals surface area contributed by atoms with Crippen LogP contribution in [0.1, 0.15) is 28.8 Å². The highest BCUT2D eigenvalue weighted by Crippen LogP contribution is 2.44. The van der Waals surface area contributed by atoms with Crippen LogP contribution < -0.4 is 5.32 Å². The Kier molecular flexibility index (Phi) is 4.69. The Hall–Kier alpha value is -2.70. The van der Waals surface area contributed by atoms with Crippen molar-refractivity contribution in [2.75, 3.05) is 13.2 Å². The van der Waals surface area contributed by atoms with Crippen LogP contribution in [0.4, 0.5) is 4.79 Å². The van der Waals surface area contributed by atoms with Gasteiger partial charge in [-0.05, 0) is 22.3 Å². The second-order valence-corrected chi connectivity index (χ2v) is 6.84. The fourth-order valence-electron chi connectivity index (χ4n) is 3.39. The highest BCUT2D eigenvalue weighted by molar-refractivity contribution is 7.07. The second-order valence-electron chi connectivity index (χ2n) is 6.12. The van der Waals surface area contributed by atoms with Crippen LogP contribution in [0.2, 0.25) is 0 Å². The van der Waals surface area contributed by atoms with Crippen molar-refractivity contribution in [2.45, 2.75) is 12.0 Å². The van der Waals surface area contributed by atoms with Crippen LogP contribution in [0.3, 0.4) is 0 Å². The van der Waals surface area contributed by atoms with E-state index in [1.54, 1.807) is 10.9 Å². The summed E-state index contributed by atoms with van der Waals surface area (Å²) in [5.41, 5.74) is 7.00. The molecule has 0 saturated carbocycles. The molecule has 0 radical (unpaired) electrons. The van der Waals surface area contributed by atoms with Gasteiger partial charge in [0.2, 0.25) is 0 Å². The van der Waals surface area contributed by atoms with Gasteiger partial charge in [-0.15, -0.1) is 11.3 Å². The third-order valence-electron chi connectivity index (χ3n) is 4.63. The van der Waals surface area contributed by atoms with Gasteiger partial charge in [0, 0.05) is 11.3 Å². The van der Waals surface area contributed by atoms with Gasteiger partial charge in [0.1, 0.15) is 6.61 Å². The number of aliphatic hydroxyl groups is 1. The number of nitrogens with zero attached hydrogens (tertiary/aromatic N) is 1. The molecule has 1 aliphatic carbocycles. The molecule has 6 heteroatoms. The van der Waals surface area contributed by atoms with Gasteiger partial charge in [0.05, 0.1) is 23.9 Å². The zero-order valence-corrected chi connectivity index (χ0v) is 14.8. The van der Waals surface area contributed by atoms with Crippen LogP contribution in [0.5, 0.6) is 0 Å². The van der Waals surface area contributed by atoms with Crippen molar-refractivity contribution in [2.24, 2.45) is 0 Å². The first kappa shape index (κ1) is 16.8. The summed E-state index contributed by atoms with van der Waals surface area (Å²) in [5.74, 6) is 0.0139. The van der Waals surface area contributed by atoms with Crippen LogP contribution in [0, 0.1) is 0 Å². The molecular formula is C20H18N2O3S. The highest BCUT2D eigenvalue weighted by Gasteiger charge is 2.29. The molecular weight excluding hydrogens is 348 g/mol. The first-order chi connectivity index (χ1) is 12.8. The third kappa shape index (κ3) is 3.09. The first-order valence-electron chi connectivity index (χ1n) is 8.38. The maximum absolute atomic E-state index is 12.2. The Labute approximate surface area is 155 Å². The lowest BCUT2D eigenvalue weighted by Crippen LogP contribution is -2.32. The molecule has 1 unspecified atom stereocenters. The molecule has 0 saturated heterocycles. The number of benzene rings is 2. The Bertz CT molecular complexity index is 865. The van der Waals surface area contributed by atoms with Gasteiger partial charge in [0.15, 0.2) is 0 Å². The zero-order chi connectivity index (χ0) is 17.9. The van der Waals surface area contributed by atoms with E-state index in [2.05, 4.69) is 34.6 Å². The molecule has 2 aromatic carbocycles. The normalized spacial score (nSPS) is 13.7. The molecule has 26 heavy (non-hydrogen) atoms. The third-order valence-corrected chi connectivity index (χ3v) is 5.23. The van der Waals surface area contributed by atoms with Crippen molar-refractivity contribution < 1.29 is 14.6 Å². The monoisotopic (exact) mass is 366 g/mol. The maximum atomic E-state index is 12.2. The summed E-state index contributed by atoms with van der Waals surface area (Å²) in [6.07, 6.45) is -0.557. The molecule has 1 aromatic heterocycles. The van der Waals surface area contributed by atoms with Crippen LogP contribution in [-0.4, -0.2) is 29.4 Å². The smallest absolute Gasteiger partial charge is 0.407 e. The molecule has 0 fully saturated rings. The number of carbonyl (C=O) groups excluding carboxylic acids is 1. The molecule has 0 bridgehead atoms. The summed E-state index contributed by atoms with van der Waals surface area (Å²) in [4.78, 5) is 16.3. The fraction of sp³-hybridized carbons (Fsp3) is 0.200. The van der Waals surface area contributed by atoms with Crippen molar-refractivity contribution in [3.05, 3.63) is 76.2 Å². The summed E-state index contributed by atoms with van der Waals surface area (Å²) in [5, 5.41) is 14.0. The van der Waals surface area contributed by atoms with E-state index in [-0.39, 0.29) is 19.1 Å². The van der Waals surface area contributed by atoms with Crippen LogP contribution >= 0.6 is 11.3 Å². The summed E-state index contributed by atoms with van der Waals surface area (Å²) in [6.45, 7) is 0.0169. The number of alkyl carbamates (subject to hydrolysis) is 1. The molecule has 4 rings (SSSR count). The van der Waals surface area contributed by atoms with Crippen LogP contribution in [0.25, 0.3) is 11.1 Å². The van der Waals surface area contributed by atoms with Crippen molar-refractivity contribution in [3.8, 4) is 11.1 Å². The lowest BCUT2D eigenvalue weighted by atomic mass is 9.98. The summed E-state index contributed by atoms with van der Waals surface area (Å²) in [6, 6.07) is 15.8. The number of hydrogen-bond donors (Lipinski definition) is 2. The molecule has 1 aliphatic rings. The lowest BCUT2D eigenvalue weighted by molar-refractivity contribution is 0.132. The average molecular weight is 366 g/mol. The van der Waals surface area contributed by atoms with Gasteiger partial charge < -0.3 is 15.2 Å². The van der Waals surface area contributed by atoms with Gasteiger partial charge in [-0.3, -0.25) is 0 Å². The number of hydrogen-bond acceptors (Lipinski definition) is 5. The van der Waals surface area contributed by atoms with Gasteiger partial charge in [-0.2, -0.15) is 0 Å². The number of fused-ring (bicyclic) bond motifs is 3. The minimum Gasteiger partial charge on any atom is -0.449 e. The van der Waals surface area contributed by atoms with Crippen molar-refractivity contribution in [3.63, 3.8) is 0 Å². The maximum Gasteiger partial charge on any atom is 0.407 e. The number of rotatable bonds is 5. The standard InChI is InChI=1S/C20H18N2O3S/c23-9-18(19-11-26-12-21-19)22-20(24)25-10-17-15-7-3-1-5-13(15)14-6-2-4-8-16(14)17/h1-8,11-12,17-18,23H,9-10H2,(H,22,24). The van der Waals surface area contributed by atoms with E-state index in [0.29, 0.717) is 5.69 Å². The van der Waals surface area contributed by atoms with Crippen LogP contribution in [0.15, 0.2) is 59.4 Å². The Balaban J connectivity index is 1.47. The van der Waals surface area contributed by atoms with E-state index in [9.17, 15) is 9.90 Å². The molecule has 1 atom stereocenters. The van der Waals surface area contributed by atoms with E-state index < -0.39 is 12.1 Å². The molecule has 2 N–H and O–H groups in total. The summed E-state index contributed by atoms with van der Waals surface area (Å²) < 4.78 is 5.48. The molecule has 1 amide bonds. The van der Waals surface area contributed by atoms with Crippen molar-refractivity contribution in [1.82, 2.24) is 10.3 Å². The van der Waals surface area contributed by atoms with Crippen molar-refractivity contribution >= 4 is 17.4 Å². The number of aromatic nitrogens is 1. The Morgan fingerprint density at radius 2 is 1.81 bits per heavy atom. The minimum absolute atomic E-state index is 0.0139. The zero-order valence-electron chi connectivity index (χ0n) is 14.0. The van der Waals surface area contributed by atoms with E-state index in [0.717, 1.165) is 0 Å². The number of carbonyl (C=O) groups is 1. The van der Waals surface area contributed by atoms with E-state index in [1.807, 2.05) is 24.3 Å². The molecule has 0 spiro atoms. The number of nitrogens with one attached hydrogen (secondary N) is 1. The molecule has 1 heterocycles. The second kappa shape index (κ2) is 7.27. The van der Waals surface area contributed by atoms with Crippen LogP contribution in [-0.2, 0) is 4.74 Å². The minimum atomic E-state index is -0.558. The number of amides is 1. The average Bonchev–Trinajstić information content (AvgIpc) is 3.31. The SMILES string of the molecule is O=C(NC(CO)c1cscn1)OCC1c2ccccc2-c2ccccc21. The predicted molar refractivity (Wildman–Crippen MR) is 100 cm³/mol. The van der Waals surface area contributed by atoms with Crippen molar-refractivity contribution in [1.29, 1.82) is 0 Å². The van der Waals surface area contributed by atoms with Gasteiger partial charge in [-0.25, -0.2) is 9.78 Å². The van der Waals surface area contributed by atoms with E-state index >= 15 is 0 Å². The van der Waals surface area contributed by atoms with E-state index in [4.69, 9.17) is 4.74 Å². The Morgan fingerprint density at radius 1 is 1.15 bits per heavy atom. The molecule has 5 nitrogen and oxygen atoms in total. The topological polar surface area (TPSA) is 71.5 Å². The molecule has 132 valence electrons. The quantitative estimate of drug-likeness (QED) is 0.722. The predicted octanol–water partition coefficient (Wildman–Crippen LogP) is 3.72. The number of thiazole rings is 1. The van der Waals surface area contributed by atoms with Gasteiger partial charge in [0.25, 0.3) is 0 Å².